The summed E-state index contributed by atoms with van der Waals surface area (Å²) in [6.45, 7) is 6.10. The Hall–Kier alpha value is -3.05. The maximum atomic E-state index is 12.3. The number of carbonyl (C=O) groups excluding carboxylic acids is 1. The number of nitrogens with one attached hydrogen (secondary N) is 1. The summed E-state index contributed by atoms with van der Waals surface area (Å²) < 4.78 is 7.49. The second kappa shape index (κ2) is 8.98. The number of carbonyl (C=O) groups is 1. The molecule has 0 radical (unpaired) electrons. The van der Waals surface area contributed by atoms with Crippen molar-refractivity contribution in [1.29, 1.82) is 0 Å². The molecule has 0 saturated carbocycles. The summed E-state index contributed by atoms with van der Waals surface area (Å²) in [6, 6.07) is 15.3. The van der Waals surface area contributed by atoms with Crippen LogP contribution in [0, 0.1) is 20.8 Å². The number of aryl methyl sites for hydroxylation is 2. The molecule has 5 nitrogen and oxygen atoms in total. The van der Waals surface area contributed by atoms with Crippen LogP contribution in [0.1, 0.15) is 34.9 Å². The average molecular weight is 436 g/mol. The molecule has 1 heterocycles. The molecule has 2 aromatic carbocycles. The van der Waals surface area contributed by atoms with E-state index in [4.69, 9.17) is 21.4 Å². The zero-order valence-corrected chi connectivity index (χ0v) is 18.7. The Labute approximate surface area is 187 Å². The van der Waals surface area contributed by atoms with Crippen LogP contribution in [-0.2, 0) is 4.79 Å². The van der Waals surface area contributed by atoms with Gasteiger partial charge in [0.05, 0.1) is 11.4 Å². The highest BCUT2D eigenvalue weighted by Crippen LogP contribution is 2.34. The molecular formula is C25H26ClN3O2. The lowest BCUT2D eigenvalue weighted by atomic mass is 9.96. The molecule has 4 rings (SSSR count). The van der Waals surface area contributed by atoms with Gasteiger partial charge in [0.25, 0.3) is 5.91 Å². The van der Waals surface area contributed by atoms with Gasteiger partial charge in [0.2, 0.25) is 0 Å². The van der Waals surface area contributed by atoms with E-state index in [-0.39, 0.29) is 24.5 Å². The van der Waals surface area contributed by atoms with Crippen molar-refractivity contribution in [3.05, 3.63) is 88.2 Å². The first kappa shape index (κ1) is 21.2. The van der Waals surface area contributed by atoms with Gasteiger partial charge in [0.1, 0.15) is 5.75 Å². The molecule has 160 valence electrons. The van der Waals surface area contributed by atoms with E-state index in [0.717, 1.165) is 34.1 Å². The highest BCUT2D eigenvalue weighted by Gasteiger charge is 2.27. The highest BCUT2D eigenvalue weighted by atomic mass is 35.5. The molecule has 1 aromatic heterocycles. The third-order valence-electron chi connectivity index (χ3n) is 5.66. The lowest BCUT2D eigenvalue weighted by Crippen LogP contribution is -2.36. The predicted octanol–water partition coefficient (Wildman–Crippen LogP) is 5.06. The summed E-state index contributed by atoms with van der Waals surface area (Å²) in [7, 11) is 0. The molecule has 0 bridgehead atoms. The van der Waals surface area contributed by atoms with Crippen LogP contribution in [0.4, 0.5) is 0 Å². The summed E-state index contributed by atoms with van der Waals surface area (Å²) in [5, 5.41) is 8.54. The molecule has 0 aliphatic heterocycles. The number of allylic oxidation sites excluding steroid dienone is 1. The molecule has 0 saturated heterocycles. The standard InChI is InChI=1S/C25H26ClN3O2/c1-16-9-12-21(14-23(16)26)29-18(3)25(17(2)28-29)19-10-11-20(13-19)27-24(30)15-31-22-7-5-4-6-8-22/h4-12,14,19-20H,13,15H2,1-3H3,(H,27,30)/t19-,20-/m1/s1. The average Bonchev–Trinajstić information content (AvgIpc) is 3.32. The second-order valence-electron chi connectivity index (χ2n) is 7.93. The number of amides is 1. The van der Waals surface area contributed by atoms with Crippen LogP contribution in [0.25, 0.3) is 5.69 Å². The van der Waals surface area contributed by atoms with Crippen LogP contribution in [0.2, 0.25) is 5.02 Å². The molecule has 1 N–H and O–H groups in total. The fraction of sp³-hybridized carbons (Fsp3) is 0.280. The molecule has 3 aromatic rings. The molecule has 0 spiro atoms. The second-order valence-corrected chi connectivity index (χ2v) is 8.34. The molecular weight excluding hydrogens is 410 g/mol. The maximum Gasteiger partial charge on any atom is 0.258 e. The van der Waals surface area contributed by atoms with Crippen LogP contribution < -0.4 is 10.1 Å². The first-order valence-corrected chi connectivity index (χ1v) is 10.8. The monoisotopic (exact) mass is 435 g/mol. The van der Waals surface area contributed by atoms with Gasteiger partial charge < -0.3 is 10.1 Å². The van der Waals surface area contributed by atoms with Gasteiger partial charge in [-0.05, 0) is 57.0 Å². The molecule has 1 amide bonds. The van der Waals surface area contributed by atoms with Crippen molar-refractivity contribution in [1.82, 2.24) is 15.1 Å². The zero-order chi connectivity index (χ0) is 22.0. The third-order valence-corrected chi connectivity index (χ3v) is 6.07. The lowest BCUT2D eigenvalue weighted by Gasteiger charge is -2.15. The fourth-order valence-electron chi connectivity index (χ4n) is 4.09. The van der Waals surface area contributed by atoms with E-state index in [9.17, 15) is 4.79 Å². The number of ether oxygens (including phenoxy) is 1. The molecule has 6 heteroatoms. The summed E-state index contributed by atoms with van der Waals surface area (Å²) >= 11 is 6.32. The molecule has 0 unspecified atom stereocenters. The van der Waals surface area contributed by atoms with Crippen LogP contribution in [0.5, 0.6) is 5.75 Å². The summed E-state index contributed by atoms with van der Waals surface area (Å²) in [4.78, 5) is 12.3. The Balaban J connectivity index is 1.41. The third kappa shape index (κ3) is 4.67. The molecule has 2 atom stereocenters. The Kier molecular flexibility index (Phi) is 6.14. The highest BCUT2D eigenvalue weighted by molar-refractivity contribution is 6.31. The number of rotatable bonds is 6. The molecule has 1 aliphatic rings. The number of para-hydroxylation sites is 1. The van der Waals surface area contributed by atoms with Crippen molar-refractivity contribution < 1.29 is 9.53 Å². The van der Waals surface area contributed by atoms with Crippen molar-refractivity contribution in [2.24, 2.45) is 0 Å². The Morgan fingerprint density at radius 1 is 1.16 bits per heavy atom. The van der Waals surface area contributed by atoms with E-state index >= 15 is 0 Å². The van der Waals surface area contributed by atoms with Crippen LogP contribution in [0.15, 0.2) is 60.7 Å². The van der Waals surface area contributed by atoms with Crippen molar-refractivity contribution in [3.8, 4) is 11.4 Å². The van der Waals surface area contributed by atoms with Gasteiger partial charge in [-0.15, -0.1) is 0 Å². The number of halogens is 1. The van der Waals surface area contributed by atoms with Gasteiger partial charge >= 0.3 is 0 Å². The topological polar surface area (TPSA) is 56.2 Å². The van der Waals surface area contributed by atoms with Gasteiger partial charge in [0.15, 0.2) is 6.61 Å². The normalized spacial score (nSPS) is 17.7. The van der Waals surface area contributed by atoms with E-state index in [1.165, 1.54) is 5.56 Å². The SMILES string of the molecule is Cc1ccc(-n2nc(C)c([C@@H]3C=C[C@@H](NC(=O)COc4ccccc4)C3)c2C)cc1Cl. The van der Waals surface area contributed by atoms with Crippen molar-refractivity contribution in [2.45, 2.75) is 39.2 Å². The Morgan fingerprint density at radius 2 is 1.94 bits per heavy atom. The van der Waals surface area contributed by atoms with Crippen LogP contribution in [-0.4, -0.2) is 28.3 Å². The number of nitrogens with zero attached hydrogens (tertiary/aromatic N) is 2. The fourth-order valence-corrected chi connectivity index (χ4v) is 4.27. The smallest absolute Gasteiger partial charge is 0.258 e. The van der Waals surface area contributed by atoms with E-state index in [1.54, 1.807) is 0 Å². The first-order valence-electron chi connectivity index (χ1n) is 10.4. The predicted molar refractivity (Wildman–Crippen MR) is 123 cm³/mol. The number of hydrogen-bond acceptors (Lipinski definition) is 3. The van der Waals surface area contributed by atoms with Gasteiger partial charge in [-0.2, -0.15) is 5.10 Å². The molecule has 0 fully saturated rings. The molecule has 1 aliphatic carbocycles. The van der Waals surface area contributed by atoms with Gasteiger partial charge in [-0.3, -0.25) is 4.79 Å². The van der Waals surface area contributed by atoms with Crippen molar-refractivity contribution in [2.75, 3.05) is 6.61 Å². The minimum Gasteiger partial charge on any atom is -0.484 e. The lowest BCUT2D eigenvalue weighted by molar-refractivity contribution is -0.123. The van der Waals surface area contributed by atoms with E-state index in [1.807, 2.05) is 67.1 Å². The number of hydrogen-bond donors (Lipinski definition) is 1. The van der Waals surface area contributed by atoms with Crippen LogP contribution in [0.3, 0.4) is 0 Å². The summed E-state index contributed by atoms with van der Waals surface area (Å²) in [6.07, 6.45) is 5.02. The van der Waals surface area contributed by atoms with Crippen molar-refractivity contribution in [3.63, 3.8) is 0 Å². The molecule has 31 heavy (non-hydrogen) atoms. The summed E-state index contributed by atoms with van der Waals surface area (Å²) in [5.41, 5.74) is 5.27. The minimum absolute atomic E-state index is 0.00317. The van der Waals surface area contributed by atoms with Gasteiger partial charge in [0, 0.05) is 28.2 Å². The van der Waals surface area contributed by atoms with Gasteiger partial charge in [-0.25, -0.2) is 4.68 Å². The first-order chi connectivity index (χ1) is 14.9. The number of benzene rings is 2. The quantitative estimate of drug-likeness (QED) is 0.550. The minimum atomic E-state index is -0.127. The number of aromatic nitrogens is 2. The van der Waals surface area contributed by atoms with E-state index in [2.05, 4.69) is 24.4 Å². The zero-order valence-electron chi connectivity index (χ0n) is 17.9. The van der Waals surface area contributed by atoms with Gasteiger partial charge in [-0.1, -0.05) is 48.0 Å². The van der Waals surface area contributed by atoms with Crippen LogP contribution >= 0.6 is 11.6 Å². The maximum absolute atomic E-state index is 12.3. The summed E-state index contributed by atoms with van der Waals surface area (Å²) in [5.74, 6) is 0.764. The Bertz CT molecular complexity index is 1120. The van der Waals surface area contributed by atoms with Crippen molar-refractivity contribution >= 4 is 17.5 Å². The van der Waals surface area contributed by atoms with E-state index < -0.39 is 0 Å². The van der Waals surface area contributed by atoms with E-state index in [0.29, 0.717) is 5.75 Å². The largest absolute Gasteiger partial charge is 0.484 e. The Morgan fingerprint density at radius 3 is 2.68 bits per heavy atom.